The van der Waals surface area contributed by atoms with Crippen LogP contribution in [0.1, 0.15) is 20.3 Å². The van der Waals surface area contributed by atoms with Crippen LogP contribution in [0.15, 0.2) is 5.16 Å². The van der Waals surface area contributed by atoms with Gasteiger partial charge in [-0.15, -0.1) is 5.16 Å². The average Bonchev–Trinajstić information content (AvgIpc) is 2.05. The van der Waals surface area contributed by atoms with Crippen LogP contribution < -0.4 is 0 Å². The van der Waals surface area contributed by atoms with Crippen molar-refractivity contribution in [3.8, 4) is 0 Å². The summed E-state index contributed by atoms with van der Waals surface area (Å²) in [6.45, 7) is 3.47. The van der Waals surface area contributed by atoms with Crippen molar-refractivity contribution in [3.05, 3.63) is 0 Å². The van der Waals surface area contributed by atoms with E-state index in [0.717, 1.165) is 6.21 Å². The van der Waals surface area contributed by atoms with Gasteiger partial charge in [-0.3, -0.25) is 9.59 Å². The maximum Gasteiger partial charge on any atom is 0.313 e. The molecule has 0 aliphatic rings. The van der Waals surface area contributed by atoms with Crippen LogP contribution in [0.25, 0.3) is 0 Å². The van der Waals surface area contributed by atoms with Crippen LogP contribution in [-0.2, 0) is 14.3 Å². The second-order valence-electron chi connectivity index (χ2n) is 2.50. The van der Waals surface area contributed by atoms with Crippen molar-refractivity contribution in [3.63, 3.8) is 0 Å². The first-order valence-electron chi connectivity index (χ1n) is 3.97. The van der Waals surface area contributed by atoms with Gasteiger partial charge < -0.3 is 9.94 Å². The summed E-state index contributed by atoms with van der Waals surface area (Å²) in [5.74, 6) is -1.43. The highest BCUT2D eigenvalue weighted by atomic mass is 16.5. The number of ketones is 1. The Labute approximate surface area is 76.4 Å². The summed E-state index contributed by atoms with van der Waals surface area (Å²) < 4.78 is 4.57. The van der Waals surface area contributed by atoms with Crippen LogP contribution in [0.3, 0.4) is 0 Å². The molecule has 0 rings (SSSR count). The molecule has 0 aromatic carbocycles. The number of Topliss-reactive ketones (excluding diaryl/α,β-unsaturated/α-hetero) is 1. The molecule has 0 aliphatic heterocycles. The van der Waals surface area contributed by atoms with Crippen molar-refractivity contribution < 1.29 is 19.5 Å². The van der Waals surface area contributed by atoms with Gasteiger partial charge in [-0.1, -0.05) is 6.92 Å². The van der Waals surface area contributed by atoms with E-state index in [4.69, 9.17) is 5.21 Å². The second kappa shape index (κ2) is 6.16. The van der Waals surface area contributed by atoms with Crippen LogP contribution in [0.4, 0.5) is 0 Å². The van der Waals surface area contributed by atoms with Gasteiger partial charge in [0.05, 0.1) is 18.7 Å². The summed E-state index contributed by atoms with van der Waals surface area (Å²) in [4.78, 5) is 21.9. The van der Waals surface area contributed by atoms with Crippen molar-refractivity contribution in [2.24, 2.45) is 11.1 Å². The van der Waals surface area contributed by atoms with Crippen LogP contribution in [-0.4, -0.2) is 29.8 Å². The highest BCUT2D eigenvalue weighted by molar-refractivity contribution is 6.03. The minimum atomic E-state index is -0.561. The van der Waals surface area contributed by atoms with E-state index in [1.165, 1.54) is 0 Å². The number of carbonyl (C=O) groups excluding carboxylic acids is 2. The monoisotopic (exact) mass is 187 g/mol. The molecule has 0 saturated heterocycles. The first-order chi connectivity index (χ1) is 6.11. The Balaban J connectivity index is 3.92. The molecule has 5 nitrogen and oxygen atoms in total. The molecule has 0 aliphatic carbocycles. The summed E-state index contributed by atoms with van der Waals surface area (Å²) in [6, 6.07) is 0. The molecule has 0 bridgehead atoms. The van der Waals surface area contributed by atoms with Gasteiger partial charge >= 0.3 is 5.97 Å². The van der Waals surface area contributed by atoms with Gasteiger partial charge in [0.15, 0.2) is 5.78 Å². The number of hydrogen-bond acceptors (Lipinski definition) is 5. The third kappa shape index (κ3) is 4.95. The molecule has 0 radical (unpaired) electrons. The Kier molecular flexibility index (Phi) is 5.50. The maximum absolute atomic E-state index is 11.1. The van der Waals surface area contributed by atoms with E-state index in [1.54, 1.807) is 13.8 Å². The van der Waals surface area contributed by atoms with Gasteiger partial charge in [-0.2, -0.15) is 0 Å². The Morgan fingerprint density at radius 3 is 2.69 bits per heavy atom. The summed E-state index contributed by atoms with van der Waals surface area (Å²) in [5, 5.41) is 10.8. The lowest BCUT2D eigenvalue weighted by Gasteiger charge is -2.03. The van der Waals surface area contributed by atoms with E-state index >= 15 is 0 Å². The van der Waals surface area contributed by atoms with Crippen LogP contribution in [0.2, 0.25) is 0 Å². The fraction of sp³-hybridized carbons (Fsp3) is 0.625. The average molecular weight is 187 g/mol. The van der Waals surface area contributed by atoms with E-state index < -0.39 is 11.9 Å². The molecule has 13 heavy (non-hydrogen) atoms. The van der Waals surface area contributed by atoms with Gasteiger partial charge in [0.1, 0.15) is 6.42 Å². The lowest BCUT2D eigenvalue weighted by molar-refractivity contribution is -0.145. The molecular formula is C8H13NO4. The third-order valence-corrected chi connectivity index (χ3v) is 1.42. The number of esters is 1. The quantitative estimate of drug-likeness (QED) is 0.225. The van der Waals surface area contributed by atoms with Gasteiger partial charge in [0, 0.05) is 0 Å². The van der Waals surface area contributed by atoms with Gasteiger partial charge in [0.2, 0.25) is 0 Å². The van der Waals surface area contributed by atoms with Gasteiger partial charge in [0.25, 0.3) is 0 Å². The molecular weight excluding hydrogens is 174 g/mol. The van der Waals surface area contributed by atoms with E-state index in [1.807, 2.05) is 0 Å². The Morgan fingerprint density at radius 1 is 1.62 bits per heavy atom. The molecule has 0 heterocycles. The number of rotatable bonds is 5. The van der Waals surface area contributed by atoms with Crippen molar-refractivity contribution in [1.29, 1.82) is 0 Å². The highest BCUT2D eigenvalue weighted by Crippen LogP contribution is 1.99. The van der Waals surface area contributed by atoms with Crippen LogP contribution in [0.5, 0.6) is 0 Å². The molecule has 74 valence electrons. The van der Waals surface area contributed by atoms with Gasteiger partial charge in [-0.05, 0) is 6.92 Å². The zero-order chi connectivity index (χ0) is 10.3. The number of oxime groups is 1. The zero-order valence-electron chi connectivity index (χ0n) is 7.69. The fourth-order valence-electron chi connectivity index (χ4n) is 0.698. The Bertz CT molecular complexity index is 212. The number of nitrogens with zero attached hydrogens (tertiary/aromatic N) is 1. The van der Waals surface area contributed by atoms with Crippen molar-refractivity contribution in [2.75, 3.05) is 6.61 Å². The standard InChI is InChI=1S/C8H13NO4/c1-3-13-8(11)4-7(10)6(2)5-9-12/h5-6,12H,3-4H2,1-2H3/b9-5-. The normalized spacial score (nSPS) is 12.8. The van der Waals surface area contributed by atoms with Crippen molar-refractivity contribution in [1.82, 2.24) is 0 Å². The largest absolute Gasteiger partial charge is 0.466 e. The maximum atomic E-state index is 11.1. The van der Waals surface area contributed by atoms with Crippen molar-refractivity contribution in [2.45, 2.75) is 20.3 Å². The summed E-state index contributed by atoms with van der Waals surface area (Å²) in [7, 11) is 0. The fourth-order valence-corrected chi connectivity index (χ4v) is 0.698. The minimum absolute atomic E-state index is 0.259. The predicted octanol–water partition coefficient (Wildman–Crippen LogP) is 0.605. The lowest BCUT2D eigenvalue weighted by Crippen LogP contribution is -2.18. The lowest BCUT2D eigenvalue weighted by atomic mass is 10.1. The van der Waals surface area contributed by atoms with Gasteiger partial charge in [-0.25, -0.2) is 0 Å². The number of carbonyl (C=O) groups is 2. The predicted molar refractivity (Wildman–Crippen MR) is 45.7 cm³/mol. The van der Waals surface area contributed by atoms with Crippen molar-refractivity contribution >= 4 is 18.0 Å². The molecule has 0 spiro atoms. The zero-order valence-corrected chi connectivity index (χ0v) is 7.69. The van der Waals surface area contributed by atoms with E-state index in [0.29, 0.717) is 0 Å². The molecule has 0 amide bonds. The third-order valence-electron chi connectivity index (χ3n) is 1.42. The second-order valence-corrected chi connectivity index (χ2v) is 2.50. The molecule has 5 heteroatoms. The molecule has 0 saturated carbocycles. The highest BCUT2D eigenvalue weighted by Gasteiger charge is 2.15. The van der Waals surface area contributed by atoms with E-state index in [-0.39, 0.29) is 18.8 Å². The summed E-state index contributed by atoms with van der Waals surface area (Å²) >= 11 is 0. The molecule has 0 fully saturated rings. The molecule has 0 aromatic rings. The topological polar surface area (TPSA) is 76.0 Å². The molecule has 0 aromatic heterocycles. The first-order valence-corrected chi connectivity index (χ1v) is 3.97. The minimum Gasteiger partial charge on any atom is -0.466 e. The van der Waals surface area contributed by atoms with Crippen LogP contribution in [0, 0.1) is 5.92 Å². The number of hydrogen-bond donors (Lipinski definition) is 1. The van der Waals surface area contributed by atoms with E-state index in [9.17, 15) is 9.59 Å². The molecule has 1 unspecified atom stereocenters. The summed E-state index contributed by atoms with van der Waals surface area (Å²) in [5.41, 5.74) is 0. The summed E-state index contributed by atoms with van der Waals surface area (Å²) in [6.07, 6.45) is 0.794. The van der Waals surface area contributed by atoms with Crippen LogP contribution >= 0.6 is 0 Å². The Hall–Kier alpha value is -1.39. The molecule has 1 N–H and O–H groups in total. The SMILES string of the molecule is CCOC(=O)CC(=O)C(C)/C=N\O. The smallest absolute Gasteiger partial charge is 0.313 e. The number of ether oxygens (including phenoxy) is 1. The first kappa shape index (κ1) is 11.6. The Morgan fingerprint density at radius 2 is 2.23 bits per heavy atom. The van der Waals surface area contributed by atoms with E-state index in [2.05, 4.69) is 9.89 Å². The molecule has 1 atom stereocenters.